The molecule has 0 aliphatic carbocycles. The van der Waals surface area contributed by atoms with E-state index < -0.39 is 27.5 Å². The molecule has 2 rings (SSSR count). The smallest absolute Gasteiger partial charge is 0.335 e. The number of hydrogen-bond acceptors (Lipinski definition) is 4. The second-order valence-corrected chi connectivity index (χ2v) is 5.62. The molecule has 1 aromatic carbocycles. The summed E-state index contributed by atoms with van der Waals surface area (Å²) in [7, 11) is -3.76. The Morgan fingerprint density at radius 2 is 2.06 bits per heavy atom. The predicted octanol–water partition coefficient (Wildman–Crippen LogP) is -0.212. The van der Waals surface area contributed by atoms with E-state index >= 15 is 0 Å². The highest BCUT2D eigenvalue weighted by molar-refractivity contribution is 7.92. The van der Waals surface area contributed by atoms with E-state index in [0.29, 0.717) is 5.56 Å². The van der Waals surface area contributed by atoms with Crippen molar-refractivity contribution in [2.75, 3.05) is 5.75 Å². The molecule has 0 bridgehead atoms. The van der Waals surface area contributed by atoms with E-state index in [1.54, 1.807) is 0 Å². The number of carbonyl (C=O) groups is 2. The first kappa shape index (κ1) is 11.6. The van der Waals surface area contributed by atoms with Crippen molar-refractivity contribution in [2.45, 2.75) is 11.4 Å². The highest BCUT2D eigenvalue weighted by Crippen LogP contribution is 2.21. The van der Waals surface area contributed by atoms with Crippen molar-refractivity contribution in [3.63, 3.8) is 0 Å². The fraction of sp³-hybridized carbons (Fsp3) is 0.200. The summed E-state index contributed by atoms with van der Waals surface area (Å²) in [5.74, 6) is -2.44. The Kier molecular flexibility index (Phi) is 2.62. The first-order valence-electron chi connectivity index (χ1n) is 4.76. The summed E-state index contributed by atoms with van der Waals surface area (Å²) in [5, 5.41) is 11.2. The fourth-order valence-corrected chi connectivity index (χ4v) is 3.07. The molecule has 0 atom stereocenters. The number of hydrogen-bond donors (Lipinski definition) is 2. The van der Waals surface area contributed by atoms with Gasteiger partial charge in [0.2, 0.25) is 5.91 Å². The highest BCUT2D eigenvalue weighted by atomic mass is 32.2. The van der Waals surface area contributed by atoms with Crippen LogP contribution in [0.5, 0.6) is 0 Å². The minimum atomic E-state index is -3.76. The van der Waals surface area contributed by atoms with E-state index in [1.807, 2.05) is 0 Å². The Hall–Kier alpha value is -1.89. The van der Waals surface area contributed by atoms with Crippen molar-refractivity contribution in [3.05, 3.63) is 29.3 Å². The Morgan fingerprint density at radius 3 is 2.71 bits per heavy atom. The molecule has 1 aromatic rings. The molecule has 0 unspecified atom stereocenters. The summed E-state index contributed by atoms with van der Waals surface area (Å²) < 4.78 is 23.6. The molecule has 0 aromatic heterocycles. The van der Waals surface area contributed by atoms with Gasteiger partial charge < -0.3 is 10.4 Å². The maximum absolute atomic E-state index is 11.8. The number of nitrogens with one attached hydrogen (secondary N) is 1. The molecule has 1 heterocycles. The third-order valence-corrected chi connectivity index (χ3v) is 4.14. The van der Waals surface area contributed by atoms with Crippen molar-refractivity contribution >= 4 is 21.7 Å². The van der Waals surface area contributed by atoms with Crippen molar-refractivity contribution in [3.8, 4) is 0 Å². The summed E-state index contributed by atoms with van der Waals surface area (Å²) in [5.41, 5.74) is 0.294. The van der Waals surface area contributed by atoms with E-state index in [1.165, 1.54) is 12.1 Å². The summed E-state index contributed by atoms with van der Waals surface area (Å²) in [6.45, 7) is 0.0906. The van der Waals surface area contributed by atoms with E-state index in [4.69, 9.17) is 5.11 Å². The summed E-state index contributed by atoms with van der Waals surface area (Å²) in [6, 6.07) is 3.81. The van der Waals surface area contributed by atoms with Gasteiger partial charge in [0.05, 0.1) is 10.5 Å². The average molecular weight is 255 g/mol. The number of aromatic carboxylic acids is 1. The van der Waals surface area contributed by atoms with Gasteiger partial charge in [0.15, 0.2) is 9.84 Å². The molecule has 1 aliphatic heterocycles. The topological polar surface area (TPSA) is 101 Å². The van der Waals surface area contributed by atoms with Crippen LogP contribution in [-0.2, 0) is 21.2 Å². The van der Waals surface area contributed by atoms with Crippen LogP contribution >= 0.6 is 0 Å². The quantitative estimate of drug-likeness (QED) is 0.723. The van der Waals surface area contributed by atoms with Crippen molar-refractivity contribution < 1.29 is 23.1 Å². The number of rotatable bonds is 1. The van der Waals surface area contributed by atoms with Crippen LogP contribution in [0.4, 0.5) is 0 Å². The van der Waals surface area contributed by atoms with E-state index in [2.05, 4.69) is 5.32 Å². The maximum atomic E-state index is 11.8. The van der Waals surface area contributed by atoms with Crippen molar-refractivity contribution in [1.29, 1.82) is 0 Å². The van der Waals surface area contributed by atoms with Crippen molar-refractivity contribution in [2.24, 2.45) is 0 Å². The summed E-state index contributed by atoms with van der Waals surface area (Å²) in [6.07, 6.45) is 0. The van der Waals surface area contributed by atoms with Gasteiger partial charge in [-0.1, -0.05) is 6.07 Å². The second kappa shape index (κ2) is 3.85. The van der Waals surface area contributed by atoms with E-state index in [-0.39, 0.29) is 17.0 Å². The summed E-state index contributed by atoms with van der Waals surface area (Å²) in [4.78, 5) is 21.9. The number of fused-ring (bicyclic) bond motifs is 1. The van der Waals surface area contributed by atoms with Crippen LogP contribution in [0, 0.1) is 0 Å². The third-order valence-electron chi connectivity index (χ3n) is 2.45. The molecule has 1 amide bonds. The molecular weight excluding hydrogens is 246 g/mol. The van der Waals surface area contributed by atoms with Gasteiger partial charge in [0, 0.05) is 6.54 Å². The van der Waals surface area contributed by atoms with Gasteiger partial charge in [-0.3, -0.25) is 4.79 Å². The van der Waals surface area contributed by atoms with Gasteiger partial charge in [-0.15, -0.1) is 0 Å². The second-order valence-electron chi connectivity index (χ2n) is 3.66. The Balaban J connectivity index is 2.63. The maximum Gasteiger partial charge on any atom is 0.335 e. The average Bonchev–Trinajstić information content (AvgIpc) is 2.35. The number of amides is 1. The molecule has 0 spiro atoms. The lowest BCUT2D eigenvalue weighted by Crippen LogP contribution is -2.25. The number of benzene rings is 1. The molecule has 0 saturated heterocycles. The molecular formula is C10H9NO5S. The fourth-order valence-electron chi connectivity index (χ4n) is 1.62. The largest absolute Gasteiger partial charge is 0.478 e. The molecule has 6 nitrogen and oxygen atoms in total. The van der Waals surface area contributed by atoms with Crippen LogP contribution in [0.25, 0.3) is 0 Å². The molecule has 0 radical (unpaired) electrons. The third kappa shape index (κ3) is 2.14. The van der Waals surface area contributed by atoms with Crippen LogP contribution in [0.3, 0.4) is 0 Å². The van der Waals surface area contributed by atoms with Crippen LogP contribution in [0.2, 0.25) is 0 Å². The molecule has 0 fully saturated rings. The number of sulfone groups is 1. The highest BCUT2D eigenvalue weighted by Gasteiger charge is 2.26. The molecule has 1 aliphatic rings. The Morgan fingerprint density at radius 1 is 1.35 bits per heavy atom. The lowest BCUT2D eigenvalue weighted by Gasteiger charge is -2.05. The number of carboxylic acid groups (broad SMARTS) is 1. The van der Waals surface area contributed by atoms with Gasteiger partial charge in [-0.25, -0.2) is 13.2 Å². The molecule has 2 N–H and O–H groups in total. The van der Waals surface area contributed by atoms with Crippen LogP contribution in [-0.4, -0.2) is 31.2 Å². The Labute approximate surface area is 97.2 Å². The molecule has 7 heteroatoms. The number of carbonyl (C=O) groups excluding carboxylic acids is 1. The monoisotopic (exact) mass is 255 g/mol. The number of carboxylic acids is 1. The lowest BCUT2D eigenvalue weighted by molar-refractivity contribution is -0.118. The van der Waals surface area contributed by atoms with Crippen LogP contribution in [0.1, 0.15) is 15.9 Å². The first-order valence-corrected chi connectivity index (χ1v) is 6.41. The lowest BCUT2D eigenvalue weighted by atomic mass is 10.1. The van der Waals surface area contributed by atoms with E-state index in [9.17, 15) is 18.0 Å². The van der Waals surface area contributed by atoms with Gasteiger partial charge >= 0.3 is 5.97 Å². The zero-order valence-electron chi connectivity index (χ0n) is 8.63. The predicted molar refractivity (Wildman–Crippen MR) is 57.3 cm³/mol. The Bertz CT molecular complexity index is 605. The van der Waals surface area contributed by atoms with Crippen LogP contribution < -0.4 is 5.32 Å². The minimum Gasteiger partial charge on any atom is -0.478 e. The normalized spacial score (nSPS) is 17.8. The van der Waals surface area contributed by atoms with E-state index in [0.717, 1.165) is 6.07 Å². The molecule has 90 valence electrons. The van der Waals surface area contributed by atoms with Gasteiger partial charge in [-0.2, -0.15) is 0 Å². The summed E-state index contributed by atoms with van der Waals surface area (Å²) >= 11 is 0. The zero-order valence-corrected chi connectivity index (χ0v) is 9.45. The first-order chi connectivity index (χ1) is 7.90. The SMILES string of the molecule is O=C1CS(=O)(=O)c2cc(C(=O)O)ccc2CN1. The van der Waals surface area contributed by atoms with Gasteiger partial charge in [0.25, 0.3) is 0 Å². The minimum absolute atomic E-state index is 0.0873. The standard InChI is InChI=1S/C10H9NO5S/c12-9-5-17(15,16)8-3-6(10(13)14)1-2-7(8)4-11-9/h1-3H,4-5H2,(H,11,12)(H,13,14). The molecule has 0 saturated carbocycles. The van der Waals surface area contributed by atoms with Crippen LogP contribution in [0.15, 0.2) is 23.1 Å². The molecule has 17 heavy (non-hydrogen) atoms. The zero-order chi connectivity index (χ0) is 12.6. The van der Waals surface area contributed by atoms with Crippen molar-refractivity contribution in [1.82, 2.24) is 5.32 Å². The van der Waals surface area contributed by atoms with Gasteiger partial charge in [0.1, 0.15) is 5.75 Å². The van der Waals surface area contributed by atoms with Gasteiger partial charge in [-0.05, 0) is 17.7 Å².